The molecule has 0 amide bonds. The predicted molar refractivity (Wildman–Crippen MR) is 300 cm³/mol. The van der Waals surface area contributed by atoms with Gasteiger partial charge in [-0.1, -0.05) is 179 Å². The Labute approximate surface area is 415 Å². The zero-order chi connectivity index (χ0) is 48.0. The first-order valence-corrected chi connectivity index (χ1v) is 26.3. The molecule has 0 N–H and O–H groups in total. The van der Waals surface area contributed by atoms with Crippen LogP contribution < -0.4 is 31.1 Å². The molecular weight excluding hydrogens is 854 g/mol. The fourth-order valence-electron chi connectivity index (χ4n) is 12.8. The van der Waals surface area contributed by atoms with Gasteiger partial charge < -0.3 is 14.7 Å². The van der Waals surface area contributed by atoms with Crippen LogP contribution in [0.3, 0.4) is 0 Å². The van der Waals surface area contributed by atoms with Crippen LogP contribution in [0.15, 0.2) is 152 Å². The molecular formula is C64H66BN3S. The monoisotopic (exact) mass is 920 g/mol. The third-order valence-electron chi connectivity index (χ3n) is 16.8. The average molecular weight is 920 g/mol. The number of para-hydroxylation sites is 2. The number of hydrogen-bond acceptors (Lipinski definition) is 4. The van der Waals surface area contributed by atoms with E-state index >= 15 is 0 Å². The van der Waals surface area contributed by atoms with E-state index in [0.717, 1.165) is 17.8 Å². The Hall–Kier alpha value is -6.04. The van der Waals surface area contributed by atoms with E-state index < -0.39 is 0 Å². The number of benzene rings is 7. The highest BCUT2D eigenvalue weighted by Crippen LogP contribution is 2.63. The van der Waals surface area contributed by atoms with Crippen LogP contribution in [-0.4, -0.2) is 12.3 Å². The van der Waals surface area contributed by atoms with Crippen molar-refractivity contribution in [3.05, 3.63) is 174 Å². The van der Waals surface area contributed by atoms with Crippen LogP contribution in [-0.2, 0) is 21.7 Å². The van der Waals surface area contributed by atoms with E-state index in [-0.39, 0.29) is 33.9 Å². The molecule has 0 saturated heterocycles. The summed E-state index contributed by atoms with van der Waals surface area (Å²) in [5, 5.41) is 2.71. The van der Waals surface area contributed by atoms with Crippen LogP contribution in [0.25, 0.3) is 21.2 Å². The van der Waals surface area contributed by atoms with Crippen LogP contribution in [0.5, 0.6) is 0 Å². The van der Waals surface area contributed by atoms with Crippen molar-refractivity contribution >= 4 is 89.3 Å². The lowest BCUT2D eigenvalue weighted by atomic mass is 9.33. The molecule has 2 unspecified atom stereocenters. The lowest BCUT2D eigenvalue weighted by molar-refractivity contribution is 0.195. The van der Waals surface area contributed by atoms with Crippen LogP contribution in [0.2, 0.25) is 0 Å². The van der Waals surface area contributed by atoms with E-state index in [1.807, 2.05) is 11.3 Å². The van der Waals surface area contributed by atoms with Crippen LogP contribution in [0.1, 0.15) is 124 Å². The van der Waals surface area contributed by atoms with Gasteiger partial charge in [-0.15, -0.1) is 11.3 Å². The second-order valence-electron chi connectivity index (χ2n) is 24.2. The Bertz CT molecular complexity index is 3290. The molecule has 3 aliphatic heterocycles. The van der Waals surface area contributed by atoms with Gasteiger partial charge in [0, 0.05) is 44.1 Å². The van der Waals surface area contributed by atoms with Crippen LogP contribution in [0.4, 0.5) is 44.8 Å². The summed E-state index contributed by atoms with van der Waals surface area (Å²) in [6.45, 7) is 26.6. The minimum atomic E-state index is -0.134. The lowest BCUT2D eigenvalue weighted by Crippen LogP contribution is -2.64. The Kier molecular flexibility index (Phi) is 9.76. The topological polar surface area (TPSA) is 9.72 Å². The molecule has 1 saturated carbocycles. The van der Waals surface area contributed by atoms with Crippen LogP contribution >= 0.6 is 11.3 Å². The summed E-state index contributed by atoms with van der Waals surface area (Å²) in [5.74, 6) is 0. The van der Waals surface area contributed by atoms with Crippen molar-refractivity contribution in [1.82, 2.24) is 0 Å². The Morgan fingerprint density at radius 3 is 1.75 bits per heavy atom. The van der Waals surface area contributed by atoms with Gasteiger partial charge in [-0.05, 0) is 140 Å². The fourth-order valence-corrected chi connectivity index (χ4v) is 14.0. The van der Waals surface area contributed by atoms with Crippen molar-refractivity contribution in [1.29, 1.82) is 0 Å². The van der Waals surface area contributed by atoms with Gasteiger partial charge in [0.15, 0.2) is 0 Å². The van der Waals surface area contributed by atoms with Gasteiger partial charge in [0.05, 0.1) is 21.9 Å². The summed E-state index contributed by atoms with van der Waals surface area (Å²) in [5.41, 5.74) is 21.1. The molecule has 1 aliphatic carbocycles. The van der Waals surface area contributed by atoms with E-state index in [1.165, 1.54) is 107 Å². The third kappa shape index (κ3) is 6.58. The summed E-state index contributed by atoms with van der Waals surface area (Å²) in [4.78, 5) is 8.13. The molecule has 8 aromatic rings. The fraction of sp³-hybridized carbons (Fsp3) is 0.312. The molecule has 1 aromatic heterocycles. The van der Waals surface area contributed by atoms with E-state index in [4.69, 9.17) is 0 Å². The highest BCUT2D eigenvalue weighted by molar-refractivity contribution is 7.26. The summed E-state index contributed by atoms with van der Waals surface area (Å²) < 4.78 is 1.34. The molecule has 0 radical (unpaired) electrons. The molecule has 0 bridgehead atoms. The second kappa shape index (κ2) is 15.2. The van der Waals surface area contributed by atoms with E-state index in [0.29, 0.717) is 0 Å². The zero-order valence-corrected chi connectivity index (χ0v) is 43.4. The number of thiophene rings is 1. The minimum Gasteiger partial charge on any atom is -0.335 e. The molecule has 69 heavy (non-hydrogen) atoms. The molecule has 4 aliphatic rings. The maximum Gasteiger partial charge on any atom is 0.254 e. The van der Waals surface area contributed by atoms with Crippen molar-refractivity contribution < 1.29 is 0 Å². The first kappa shape index (κ1) is 44.2. The van der Waals surface area contributed by atoms with Crippen molar-refractivity contribution in [2.75, 3.05) is 14.7 Å². The van der Waals surface area contributed by atoms with Crippen LogP contribution in [0, 0.1) is 0 Å². The SMILES string of the molecule is CC(C)(C)c1ccc(N2c3cc(N(c4ccccc4)c4ccccc4)cc4c3B(c3cc(C(C)(C)C)cc5c3N4C3(C)CCCCC53C)c3c2sc2ccc(C(C)(C)C)cc32)c(-c2ccccc2)c1. The third-order valence-corrected chi connectivity index (χ3v) is 18.0. The maximum absolute atomic E-state index is 2.91. The van der Waals surface area contributed by atoms with Gasteiger partial charge >= 0.3 is 0 Å². The van der Waals surface area contributed by atoms with Gasteiger partial charge in [0.25, 0.3) is 6.71 Å². The number of anilines is 8. The minimum absolute atomic E-state index is 0.00737. The predicted octanol–water partition coefficient (Wildman–Crippen LogP) is 16.3. The average Bonchev–Trinajstić information content (AvgIpc) is 3.80. The van der Waals surface area contributed by atoms with Crippen molar-refractivity contribution in [3.8, 4) is 11.1 Å². The molecule has 3 nitrogen and oxygen atoms in total. The summed E-state index contributed by atoms with van der Waals surface area (Å²) >= 11 is 1.98. The van der Waals surface area contributed by atoms with Gasteiger partial charge in [0.2, 0.25) is 0 Å². The molecule has 0 spiro atoms. The highest BCUT2D eigenvalue weighted by Gasteiger charge is 2.62. The normalized spacial score (nSPS) is 19.3. The number of hydrogen-bond donors (Lipinski definition) is 0. The first-order valence-electron chi connectivity index (χ1n) is 25.5. The van der Waals surface area contributed by atoms with Crippen molar-refractivity contribution in [3.63, 3.8) is 0 Å². The molecule has 1 fully saturated rings. The van der Waals surface area contributed by atoms with Gasteiger partial charge in [-0.2, -0.15) is 0 Å². The smallest absolute Gasteiger partial charge is 0.254 e. The second-order valence-corrected chi connectivity index (χ2v) is 25.2. The van der Waals surface area contributed by atoms with E-state index in [2.05, 4.69) is 243 Å². The highest BCUT2D eigenvalue weighted by atomic mass is 32.1. The number of nitrogens with zero attached hydrogens (tertiary/aromatic N) is 3. The summed E-state index contributed by atoms with van der Waals surface area (Å²) in [7, 11) is 0. The molecule has 7 aromatic carbocycles. The molecule has 346 valence electrons. The number of rotatable bonds is 5. The number of fused-ring (bicyclic) bond motifs is 9. The molecule has 5 heteroatoms. The molecule has 12 rings (SSSR count). The van der Waals surface area contributed by atoms with E-state index in [9.17, 15) is 0 Å². The summed E-state index contributed by atoms with van der Waals surface area (Å²) in [6.07, 6.45) is 4.80. The Morgan fingerprint density at radius 1 is 0.536 bits per heavy atom. The maximum atomic E-state index is 2.91. The van der Waals surface area contributed by atoms with Crippen molar-refractivity contribution in [2.24, 2.45) is 0 Å². The molecule has 2 atom stereocenters. The van der Waals surface area contributed by atoms with Gasteiger partial charge in [-0.3, -0.25) is 0 Å². The Morgan fingerprint density at radius 2 is 1.12 bits per heavy atom. The van der Waals surface area contributed by atoms with Gasteiger partial charge in [-0.25, -0.2) is 0 Å². The van der Waals surface area contributed by atoms with Gasteiger partial charge in [0.1, 0.15) is 0 Å². The molecule has 4 heterocycles. The zero-order valence-electron chi connectivity index (χ0n) is 42.6. The van der Waals surface area contributed by atoms with Crippen molar-refractivity contribution in [2.45, 2.75) is 129 Å². The standard InChI is InChI=1S/C64H66BN3S/c1-60(2,3)42-29-31-52(48(35-42)41-23-15-12-16-24-41)67-53-39-47(66(45-25-17-13-18-26-45)46-27-19-14-20-28-46)40-54-57(53)65(56-49-36-43(61(4,5)6)30-32-55(49)69-59(56)67)51-38-44(62(7,8)9)37-50-58(51)68(54)64(11)34-22-21-33-63(50,64)10/h12-20,23-32,35-40H,21-22,33-34H2,1-11H3. The Balaban J connectivity index is 1.28. The largest absolute Gasteiger partial charge is 0.335 e. The van der Waals surface area contributed by atoms with E-state index in [1.54, 1.807) is 5.56 Å². The summed E-state index contributed by atoms with van der Waals surface area (Å²) in [6, 6.07) is 58.4. The lowest BCUT2D eigenvalue weighted by Gasteiger charge is -2.52. The first-order chi connectivity index (χ1) is 32.9. The quantitative estimate of drug-likeness (QED) is 0.159.